The Morgan fingerprint density at radius 2 is 0.357 bits per heavy atom. The fourth-order valence-electron chi connectivity index (χ4n) is 5.78. The second-order valence-corrected chi connectivity index (χ2v) is 13.2. The van der Waals surface area contributed by atoms with Gasteiger partial charge in [0.25, 0.3) is 0 Å². The number of hydrogen-bond acceptors (Lipinski definition) is 30. The van der Waals surface area contributed by atoms with Crippen molar-refractivity contribution in [2.45, 2.75) is 50.3 Å². The molecule has 0 bridgehead atoms. The predicted molar refractivity (Wildman–Crippen MR) is 274 cm³/mol. The molecule has 0 saturated carbocycles. The van der Waals surface area contributed by atoms with Crippen LogP contribution in [0.15, 0.2) is 98.1 Å². The molecule has 0 aromatic carbocycles. The van der Waals surface area contributed by atoms with Crippen molar-refractivity contribution in [3.63, 3.8) is 0 Å². The average Bonchev–Trinajstić information content (AvgIpc) is 3.36. The first kappa shape index (κ1) is 114. The van der Waals surface area contributed by atoms with Gasteiger partial charge in [0.05, 0.1) is 55.2 Å². The fraction of sp³-hybridized carbons (Fsp3) is 0.444. The maximum absolute atomic E-state index is 8.25. The van der Waals surface area contributed by atoms with Gasteiger partial charge in [-0.3, -0.25) is 62.5 Å². The molecule has 0 atom stereocenters. The standard InChI is InChI=1S/4C9H13N3.6Ag.6NO3.6H2O/c4*1-4-11-9(12-5-1)8-2-6-10-7-3-8;;;;;;;6*2-1(3)4;;;;;;/h4*2-3,6-7,9,11-12H,1,4-5H2;;;;;;;;;;;;;6*1H2/q;;;;6*+1;6*-1;;;;;;. The number of nitrogens with one attached hydrogen (secondary N) is 8. The van der Waals surface area contributed by atoms with Crippen LogP contribution in [0.5, 0.6) is 0 Å². The van der Waals surface area contributed by atoms with Crippen LogP contribution in [0, 0.1) is 91.9 Å². The quantitative estimate of drug-likeness (QED) is 0.0553. The first-order valence-corrected chi connectivity index (χ1v) is 20.6. The van der Waals surface area contributed by atoms with Crippen molar-refractivity contribution in [1.82, 2.24) is 62.5 Å². The molecule has 4 fully saturated rings. The Labute approximate surface area is 570 Å². The van der Waals surface area contributed by atoms with E-state index in [1.807, 2.05) is 98.1 Å². The van der Waals surface area contributed by atoms with Gasteiger partial charge < -0.3 is 125 Å². The molecule has 0 spiro atoms. The van der Waals surface area contributed by atoms with Crippen molar-refractivity contribution in [3.8, 4) is 0 Å². The molecule has 8 rings (SSSR count). The van der Waals surface area contributed by atoms with E-state index in [4.69, 9.17) is 91.9 Å². The third kappa shape index (κ3) is 79.7. The number of nitrogens with zero attached hydrogens (tertiary/aromatic N) is 10. The van der Waals surface area contributed by atoms with Gasteiger partial charge in [0.15, 0.2) is 0 Å². The van der Waals surface area contributed by atoms with Crippen molar-refractivity contribution in [3.05, 3.63) is 212 Å². The van der Waals surface area contributed by atoms with Crippen LogP contribution >= 0.6 is 0 Å². The molecule has 0 amide bonds. The molecule has 508 valence electrons. The summed E-state index contributed by atoms with van der Waals surface area (Å²) >= 11 is 0. The molecular formula is C36H64Ag6N18O24. The monoisotopic (exact) mass is 1770 g/mol. The Morgan fingerprint density at radius 3 is 0.452 bits per heavy atom. The minimum Gasteiger partial charge on any atom is -0.412 e. The molecule has 4 aliphatic rings. The third-order valence-corrected chi connectivity index (χ3v) is 8.36. The zero-order valence-corrected chi connectivity index (χ0v) is 51.6. The minimum atomic E-state index is -1.75. The van der Waals surface area contributed by atoms with E-state index in [2.05, 4.69) is 62.5 Å². The van der Waals surface area contributed by atoms with Crippen LogP contribution in [0.4, 0.5) is 0 Å². The van der Waals surface area contributed by atoms with Crippen LogP contribution in [0.3, 0.4) is 0 Å². The summed E-state index contributed by atoms with van der Waals surface area (Å²) in [6.45, 7) is 8.78. The van der Waals surface area contributed by atoms with Crippen molar-refractivity contribution < 1.29 is 198 Å². The van der Waals surface area contributed by atoms with Crippen molar-refractivity contribution in [1.29, 1.82) is 0 Å². The van der Waals surface area contributed by atoms with Crippen LogP contribution in [-0.4, -0.2) is 136 Å². The van der Waals surface area contributed by atoms with E-state index in [0.717, 1.165) is 52.4 Å². The van der Waals surface area contributed by atoms with Gasteiger partial charge in [-0.15, -0.1) is 0 Å². The van der Waals surface area contributed by atoms with E-state index in [1.54, 1.807) is 0 Å². The van der Waals surface area contributed by atoms with Gasteiger partial charge >= 0.3 is 134 Å². The molecule has 0 unspecified atom stereocenters. The van der Waals surface area contributed by atoms with E-state index in [1.165, 1.54) is 47.9 Å². The summed E-state index contributed by atoms with van der Waals surface area (Å²) < 4.78 is 0. The van der Waals surface area contributed by atoms with Gasteiger partial charge in [0.2, 0.25) is 0 Å². The van der Waals surface area contributed by atoms with Crippen LogP contribution in [-0.2, 0) is 134 Å². The Morgan fingerprint density at radius 1 is 0.262 bits per heavy atom. The Bertz CT molecular complexity index is 1700. The molecule has 4 saturated heterocycles. The number of aromatic nitrogens is 4. The average molecular weight is 1780 g/mol. The summed E-state index contributed by atoms with van der Waals surface area (Å²) in [6, 6.07) is 16.3. The van der Waals surface area contributed by atoms with Crippen LogP contribution in [0.1, 0.15) is 72.6 Å². The summed E-state index contributed by atoms with van der Waals surface area (Å²) in [6.07, 6.45) is 20.7. The van der Waals surface area contributed by atoms with E-state index >= 15 is 0 Å². The van der Waals surface area contributed by atoms with Crippen molar-refractivity contribution >= 4 is 0 Å². The molecule has 0 aliphatic carbocycles. The van der Waals surface area contributed by atoms with E-state index < -0.39 is 30.5 Å². The summed E-state index contributed by atoms with van der Waals surface area (Å²) in [4.78, 5) is 65.4. The Balaban J connectivity index is -0.0000000553. The number of pyridine rings is 4. The molecule has 8 heterocycles. The molecule has 4 aromatic heterocycles. The molecule has 0 radical (unpaired) electrons. The second-order valence-electron chi connectivity index (χ2n) is 13.2. The smallest absolute Gasteiger partial charge is 0.412 e. The first-order valence-electron chi connectivity index (χ1n) is 20.6. The summed E-state index contributed by atoms with van der Waals surface area (Å²) in [5.74, 6) is 0. The maximum atomic E-state index is 8.25. The van der Waals surface area contributed by atoms with E-state index in [-0.39, 0.29) is 167 Å². The van der Waals surface area contributed by atoms with Gasteiger partial charge in [0, 0.05) is 49.6 Å². The summed E-state index contributed by atoms with van der Waals surface area (Å²) in [5, 5.41) is 116. The molecule has 48 heteroatoms. The minimum absolute atomic E-state index is 0. The predicted octanol–water partition coefficient (Wildman–Crippen LogP) is -3.75. The molecule has 42 nitrogen and oxygen atoms in total. The van der Waals surface area contributed by atoms with Gasteiger partial charge in [-0.1, -0.05) is 0 Å². The fourth-order valence-corrected chi connectivity index (χ4v) is 5.78. The molecule has 20 N–H and O–H groups in total. The summed E-state index contributed by atoms with van der Waals surface area (Å²) in [7, 11) is 0. The van der Waals surface area contributed by atoms with E-state index in [9.17, 15) is 0 Å². The number of rotatable bonds is 4. The Hall–Kier alpha value is -4.32. The summed E-state index contributed by atoms with van der Waals surface area (Å²) in [5.41, 5.74) is 5.07. The zero-order chi connectivity index (χ0) is 54.4. The number of hydrogen-bond donors (Lipinski definition) is 8. The van der Waals surface area contributed by atoms with Crippen LogP contribution < -0.4 is 42.5 Å². The van der Waals surface area contributed by atoms with Crippen LogP contribution in [0.25, 0.3) is 0 Å². The largest absolute Gasteiger partial charge is 1.00 e. The van der Waals surface area contributed by atoms with E-state index in [0.29, 0.717) is 24.7 Å². The molecule has 4 aromatic rings. The SMILES string of the molecule is O.O.O.O.O.O.O=[N+]([O-])[O-].O=[N+]([O-])[O-].O=[N+]([O-])[O-].O=[N+]([O-])[O-].O=[N+]([O-])[O-].O=[N+]([O-])[O-].[Ag+].[Ag+].[Ag+].[Ag+].[Ag+].[Ag+].c1cc(C2NCCCN2)ccn1.c1cc(C2NCCCN2)ccn1.c1cc(C2NCCCN2)ccn1.c1cc(C2NCCCN2)ccn1. The Kier molecular flexibility index (Phi) is 107. The molecule has 4 aliphatic heterocycles. The van der Waals surface area contributed by atoms with Crippen molar-refractivity contribution in [2.24, 2.45) is 0 Å². The zero-order valence-electron chi connectivity index (χ0n) is 42.7. The normalized spacial score (nSPS) is 12.8. The van der Waals surface area contributed by atoms with Crippen molar-refractivity contribution in [2.75, 3.05) is 52.4 Å². The maximum Gasteiger partial charge on any atom is 1.00 e. The van der Waals surface area contributed by atoms with Gasteiger partial charge in [-0.25, -0.2) is 0 Å². The second kappa shape index (κ2) is 78.7. The van der Waals surface area contributed by atoms with Crippen LogP contribution in [0.2, 0.25) is 0 Å². The van der Waals surface area contributed by atoms with Gasteiger partial charge in [0.1, 0.15) is 0 Å². The molecule has 84 heavy (non-hydrogen) atoms. The topological polar surface area (TPSA) is 734 Å². The molecular weight excluding hydrogens is 1720 g/mol. The third-order valence-electron chi connectivity index (χ3n) is 8.36. The van der Waals surface area contributed by atoms with Gasteiger partial charge in [-0.05, 0) is 149 Å². The van der Waals surface area contributed by atoms with Gasteiger partial charge in [-0.2, -0.15) is 0 Å². The first-order chi connectivity index (χ1) is 34.3.